The second kappa shape index (κ2) is 8.98. The molecule has 1 aliphatic heterocycles. The molecule has 0 radical (unpaired) electrons. The molecule has 5 rings (SSSR count). The third-order valence-electron chi connectivity index (χ3n) is 6.12. The van der Waals surface area contributed by atoms with Gasteiger partial charge >= 0.3 is 0 Å². The van der Waals surface area contributed by atoms with Crippen molar-refractivity contribution in [1.82, 2.24) is 29.1 Å². The van der Waals surface area contributed by atoms with E-state index in [-0.39, 0.29) is 0 Å². The van der Waals surface area contributed by atoms with Crippen LogP contribution in [-0.4, -0.2) is 81.9 Å². The molecular weight excluding hydrogens is 416 g/mol. The second-order valence-electron chi connectivity index (χ2n) is 8.30. The van der Waals surface area contributed by atoms with Gasteiger partial charge in [-0.3, -0.25) is 4.57 Å². The van der Waals surface area contributed by atoms with Gasteiger partial charge in [-0.05, 0) is 12.8 Å². The third kappa shape index (κ3) is 4.01. The average Bonchev–Trinajstić information content (AvgIpc) is 3.58. The van der Waals surface area contributed by atoms with Crippen LogP contribution in [0.3, 0.4) is 0 Å². The number of aliphatic hydroxyl groups excluding tert-OH is 3. The quantitative estimate of drug-likeness (QED) is 0.323. The summed E-state index contributed by atoms with van der Waals surface area (Å²) in [5.74, 6) is 1.05. The molecule has 2 aliphatic rings. The minimum Gasteiger partial charge on any atom is -0.394 e. The normalized spacial score (nSPS) is 26.2. The number of hydrogen-bond donors (Lipinski definition) is 5. The molecule has 1 aliphatic carbocycles. The smallest absolute Gasteiger partial charge is 0.226 e. The van der Waals surface area contributed by atoms with Crippen molar-refractivity contribution in [2.75, 3.05) is 23.8 Å². The van der Waals surface area contributed by atoms with E-state index in [1.165, 1.54) is 19.2 Å². The van der Waals surface area contributed by atoms with Crippen molar-refractivity contribution >= 4 is 22.9 Å². The van der Waals surface area contributed by atoms with Crippen LogP contribution in [0.5, 0.6) is 0 Å². The Morgan fingerprint density at radius 3 is 2.69 bits per heavy atom. The zero-order chi connectivity index (χ0) is 22.1. The standard InChI is InChI=1S/C20H28N8O4/c29-9-13-15(30)16(31)19(32-13)28-11-23-14-17(24-12-3-1-2-4-12)25-20(26-18(14)28)22-6-8-27-7-5-21-10-27/h5,7,10-13,15-16,19,29-31H,1-4,6,8-9H2,(H2,22,24,25,26)/t13-,15-,16-,19-/m1/s1. The number of ether oxygens (including phenoxy) is 1. The molecule has 1 saturated heterocycles. The van der Waals surface area contributed by atoms with Crippen LogP contribution in [-0.2, 0) is 11.3 Å². The summed E-state index contributed by atoms with van der Waals surface area (Å²) in [6.45, 7) is 0.888. The average molecular weight is 444 g/mol. The molecular formula is C20H28N8O4. The van der Waals surface area contributed by atoms with Gasteiger partial charge in [-0.25, -0.2) is 9.97 Å². The molecule has 0 amide bonds. The maximum absolute atomic E-state index is 10.5. The minimum atomic E-state index is -1.22. The first-order valence-electron chi connectivity index (χ1n) is 11.0. The van der Waals surface area contributed by atoms with Crippen molar-refractivity contribution < 1.29 is 20.1 Å². The summed E-state index contributed by atoms with van der Waals surface area (Å²) in [5, 5.41) is 36.8. The molecule has 5 N–H and O–H groups in total. The van der Waals surface area contributed by atoms with Gasteiger partial charge in [-0.2, -0.15) is 9.97 Å². The molecule has 12 heteroatoms. The Labute approximate surface area is 184 Å². The zero-order valence-electron chi connectivity index (χ0n) is 17.6. The number of anilines is 2. The third-order valence-corrected chi connectivity index (χ3v) is 6.12. The van der Waals surface area contributed by atoms with Crippen molar-refractivity contribution in [3.05, 3.63) is 25.0 Å². The van der Waals surface area contributed by atoms with E-state index < -0.39 is 31.1 Å². The van der Waals surface area contributed by atoms with E-state index in [4.69, 9.17) is 4.74 Å². The van der Waals surface area contributed by atoms with E-state index in [1.807, 2.05) is 10.8 Å². The van der Waals surface area contributed by atoms with E-state index in [9.17, 15) is 15.3 Å². The summed E-state index contributed by atoms with van der Waals surface area (Å²) in [6, 6.07) is 0.325. The summed E-state index contributed by atoms with van der Waals surface area (Å²) in [4.78, 5) is 17.8. The van der Waals surface area contributed by atoms with Crippen LogP contribution in [0, 0.1) is 0 Å². The largest absolute Gasteiger partial charge is 0.394 e. The van der Waals surface area contributed by atoms with E-state index >= 15 is 0 Å². The van der Waals surface area contributed by atoms with Crippen LogP contribution in [0.4, 0.5) is 11.8 Å². The number of imidazole rings is 2. The molecule has 3 aromatic rings. The fraction of sp³-hybridized carbons (Fsp3) is 0.600. The summed E-state index contributed by atoms with van der Waals surface area (Å²) in [5.41, 5.74) is 1.04. The van der Waals surface area contributed by atoms with Gasteiger partial charge in [0.25, 0.3) is 0 Å². The first kappa shape index (κ1) is 21.1. The number of nitrogens with zero attached hydrogens (tertiary/aromatic N) is 6. The number of hydrogen-bond acceptors (Lipinski definition) is 10. The van der Waals surface area contributed by atoms with Gasteiger partial charge in [-0.1, -0.05) is 12.8 Å². The molecule has 4 atom stereocenters. The Hall–Kier alpha value is -2.80. The van der Waals surface area contributed by atoms with E-state index in [2.05, 4.69) is 30.6 Å². The lowest BCUT2D eigenvalue weighted by Crippen LogP contribution is -2.33. The molecule has 0 spiro atoms. The molecule has 32 heavy (non-hydrogen) atoms. The van der Waals surface area contributed by atoms with E-state index in [0.29, 0.717) is 42.1 Å². The van der Waals surface area contributed by atoms with Crippen LogP contribution in [0.1, 0.15) is 31.9 Å². The van der Waals surface area contributed by atoms with Crippen LogP contribution >= 0.6 is 0 Å². The van der Waals surface area contributed by atoms with Crippen LogP contribution in [0.2, 0.25) is 0 Å². The van der Waals surface area contributed by atoms with Crippen molar-refractivity contribution in [2.24, 2.45) is 0 Å². The topological polar surface area (TPSA) is 155 Å². The molecule has 2 fully saturated rings. The Balaban J connectivity index is 1.45. The van der Waals surface area contributed by atoms with Gasteiger partial charge < -0.3 is 35.3 Å². The maximum Gasteiger partial charge on any atom is 0.226 e. The maximum atomic E-state index is 10.5. The fourth-order valence-corrected chi connectivity index (χ4v) is 4.37. The second-order valence-corrected chi connectivity index (χ2v) is 8.30. The van der Waals surface area contributed by atoms with Crippen molar-refractivity contribution in [2.45, 2.75) is 62.8 Å². The van der Waals surface area contributed by atoms with Crippen molar-refractivity contribution in [1.29, 1.82) is 0 Å². The number of rotatable bonds is 8. The minimum absolute atomic E-state index is 0.325. The summed E-state index contributed by atoms with van der Waals surface area (Å²) in [6.07, 6.45) is 7.17. The Morgan fingerprint density at radius 1 is 1.12 bits per heavy atom. The number of nitrogens with one attached hydrogen (secondary N) is 2. The van der Waals surface area contributed by atoms with Crippen LogP contribution in [0.25, 0.3) is 11.2 Å². The lowest BCUT2D eigenvalue weighted by atomic mass is 10.1. The van der Waals surface area contributed by atoms with Gasteiger partial charge in [0, 0.05) is 31.5 Å². The molecule has 0 bridgehead atoms. The lowest BCUT2D eigenvalue weighted by molar-refractivity contribution is -0.0511. The summed E-state index contributed by atoms with van der Waals surface area (Å²) >= 11 is 0. The molecule has 1 saturated carbocycles. The fourth-order valence-electron chi connectivity index (χ4n) is 4.37. The number of aromatic nitrogens is 6. The molecule has 0 aromatic carbocycles. The Kier molecular flexibility index (Phi) is 5.91. The van der Waals surface area contributed by atoms with Crippen molar-refractivity contribution in [3.8, 4) is 0 Å². The first-order valence-corrected chi connectivity index (χ1v) is 11.0. The molecule has 0 unspecified atom stereocenters. The monoisotopic (exact) mass is 444 g/mol. The highest BCUT2D eigenvalue weighted by Gasteiger charge is 2.44. The SMILES string of the molecule is OC[C@H]1O[C@@H](n2cnc3c(NC4CCCC4)nc(NCCn4ccnc4)nc32)[C@H](O)[C@@H]1O. The highest BCUT2D eigenvalue weighted by molar-refractivity contribution is 5.84. The van der Waals surface area contributed by atoms with Crippen LogP contribution < -0.4 is 10.6 Å². The highest BCUT2D eigenvalue weighted by atomic mass is 16.6. The van der Waals surface area contributed by atoms with E-state index in [0.717, 1.165) is 12.8 Å². The van der Waals surface area contributed by atoms with Gasteiger partial charge in [0.2, 0.25) is 5.95 Å². The summed E-state index contributed by atoms with van der Waals surface area (Å²) < 4.78 is 9.23. The van der Waals surface area contributed by atoms with Gasteiger partial charge in [0.05, 0.1) is 19.3 Å². The Morgan fingerprint density at radius 2 is 1.97 bits per heavy atom. The van der Waals surface area contributed by atoms with Crippen LogP contribution in [0.15, 0.2) is 25.0 Å². The predicted octanol–water partition coefficient (Wildman–Crippen LogP) is 0.101. The van der Waals surface area contributed by atoms with Gasteiger partial charge in [0.15, 0.2) is 23.2 Å². The Bertz CT molecular complexity index is 1040. The van der Waals surface area contributed by atoms with Gasteiger partial charge in [-0.15, -0.1) is 0 Å². The molecule has 172 valence electrons. The number of fused-ring (bicyclic) bond motifs is 1. The van der Waals surface area contributed by atoms with E-state index in [1.54, 1.807) is 17.1 Å². The van der Waals surface area contributed by atoms with Crippen molar-refractivity contribution in [3.63, 3.8) is 0 Å². The number of aliphatic hydroxyl groups is 3. The zero-order valence-corrected chi connectivity index (χ0v) is 17.6. The lowest BCUT2D eigenvalue weighted by Gasteiger charge is -2.18. The molecule has 3 aromatic heterocycles. The molecule has 12 nitrogen and oxygen atoms in total. The van der Waals surface area contributed by atoms with Gasteiger partial charge in [0.1, 0.15) is 18.3 Å². The first-order chi connectivity index (χ1) is 15.6. The highest BCUT2D eigenvalue weighted by Crippen LogP contribution is 2.33. The predicted molar refractivity (Wildman–Crippen MR) is 115 cm³/mol. The molecule has 4 heterocycles. The summed E-state index contributed by atoms with van der Waals surface area (Å²) in [7, 11) is 0.